The Labute approximate surface area is 111 Å². The Bertz CT molecular complexity index is 401. The Morgan fingerprint density at radius 2 is 1.89 bits per heavy atom. The van der Waals surface area contributed by atoms with Crippen molar-refractivity contribution >= 4 is 0 Å². The monoisotopic (exact) mass is 269 g/mol. The van der Waals surface area contributed by atoms with Crippen LogP contribution < -0.4 is 5.32 Å². The van der Waals surface area contributed by atoms with Crippen molar-refractivity contribution in [3.8, 4) is 0 Å². The number of hydrogen-bond acceptors (Lipinski definition) is 6. The lowest BCUT2D eigenvalue weighted by Gasteiger charge is -2.22. The van der Waals surface area contributed by atoms with E-state index in [-0.39, 0.29) is 6.54 Å². The van der Waals surface area contributed by atoms with E-state index in [1.54, 1.807) is 0 Å². The summed E-state index contributed by atoms with van der Waals surface area (Å²) in [6.45, 7) is 0.0803. The fourth-order valence-corrected chi connectivity index (χ4v) is 2.12. The quantitative estimate of drug-likeness (QED) is 0.449. The van der Waals surface area contributed by atoms with E-state index in [1.165, 1.54) is 0 Å². The zero-order valence-corrected chi connectivity index (χ0v) is 10.4. The third-order valence-electron chi connectivity index (χ3n) is 3.27. The Kier molecular flexibility index (Phi) is 4.51. The van der Waals surface area contributed by atoms with Gasteiger partial charge in [0.2, 0.25) is 5.79 Å². The summed E-state index contributed by atoms with van der Waals surface area (Å²) in [5, 5.41) is 41.1. The van der Waals surface area contributed by atoms with Gasteiger partial charge in [-0.3, -0.25) is 0 Å². The summed E-state index contributed by atoms with van der Waals surface area (Å²) in [5.74, 6) is -2.08. The molecule has 1 aromatic carbocycles. The third kappa shape index (κ3) is 3.11. The molecule has 0 radical (unpaired) electrons. The van der Waals surface area contributed by atoms with E-state index in [2.05, 4.69) is 5.32 Å². The molecule has 1 aliphatic rings. The van der Waals surface area contributed by atoms with Crippen molar-refractivity contribution in [1.82, 2.24) is 5.32 Å². The molecule has 6 nitrogen and oxygen atoms in total. The highest BCUT2D eigenvalue weighted by atomic mass is 16.7. The largest absolute Gasteiger partial charge is 0.391 e. The molecule has 1 fully saturated rings. The molecule has 4 atom stereocenters. The highest BCUT2D eigenvalue weighted by Crippen LogP contribution is 2.28. The van der Waals surface area contributed by atoms with Gasteiger partial charge in [-0.05, 0) is 5.56 Å². The molecule has 19 heavy (non-hydrogen) atoms. The molecule has 0 spiro atoms. The lowest BCUT2D eigenvalue weighted by atomic mass is 10.1. The Hall–Kier alpha value is -1.02. The zero-order chi connectivity index (χ0) is 13.9. The predicted octanol–water partition coefficient (Wildman–Crippen LogP) is -1.42. The minimum atomic E-state index is -2.08. The third-order valence-corrected chi connectivity index (χ3v) is 3.27. The van der Waals surface area contributed by atoms with Crippen LogP contribution >= 0.6 is 0 Å². The average Bonchev–Trinajstić information content (AvgIpc) is 2.65. The first-order valence-corrected chi connectivity index (χ1v) is 6.18. The van der Waals surface area contributed by atoms with E-state index in [0.29, 0.717) is 6.54 Å². The number of benzene rings is 1. The first-order chi connectivity index (χ1) is 9.07. The molecule has 2 rings (SSSR count). The maximum Gasteiger partial charge on any atom is 0.219 e. The first kappa shape index (κ1) is 14.4. The number of rotatable bonds is 5. The van der Waals surface area contributed by atoms with Crippen LogP contribution in [0.3, 0.4) is 0 Å². The molecule has 0 aromatic heterocycles. The second kappa shape index (κ2) is 5.96. The highest BCUT2D eigenvalue weighted by Gasteiger charge is 2.52. The lowest BCUT2D eigenvalue weighted by Crippen LogP contribution is -2.46. The van der Waals surface area contributed by atoms with Crippen molar-refractivity contribution in [3.05, 3.63) is 35.9 Å². The maximum atomic E-state index is 9.74. The molecule has 1 heterocycles. The van der Waals surface area contributed by atoms with Crippen molar-refractivity contribution in [2.75, 3.05) is 13.2 Å². The smallest absolute Gasteiger partial charge is 0.219 e. The first-order valence-electron chi connectivity index (χ1n) is 6.18. The van der Waals surface area contributed by atoms with Gasteiger partial charge in [0, 0.05) is 13.1 Å². The molecule has 0 amide bonds. The molecule has 1 saturated heterocycles. The number of aliphatic hydroxyl groups is 4. The Balaban J connectivity index is 1.84. The lowest BCUT2D eigenvalue weighted by molar-refractivity contribution is -0.245. The predicted molar refractivity (Wildman–Crippen MR) is 67.1 cm³/mol. The SMILES string of the molecule is OC[C@]1(O)O[C@H](CNCc2ccccc2)[C@H](O)[C@H]1O. The van der Waals surface area contributed by atoms with Crippen LogP contribution in [0.2, 0.25) is 0 Å². The van der Waals surface area contributed by atoms with Crippen molar-refractivity contribution in [3.63, 3.8) is 0 Å². The molecule has 0 aliphatic carbocycles. The second-order valence-electron chi connectivity index (χ2n) is 4.71. The summed E-state index contributed by atoms with van der Waals surface area (Å²) < 4.78 is 5.10. The molecule has 0 bridgehead atoms. The summed E-state index contributed by atoms with van der Waals surface area (Å²) in [6.07, 6.45) is -3.52. The summed E-state index contributed by atoms with van der Waals surface area (Å²) in [5.41, 5.74) is 1.08. The normalized spacial score (nSPS) is 34.6. The van der Waals surface area contributed by atoms with Crippen LogP contribution in [0.25, 0.3) is 0 Å². The number of aliphatic hydroxyl groups excluding tert-OH is 3. The fourth-order valence-electron chi connectivity index (χ4n) is 2.12. The highest BCUT2D eigenvalue weighted by molar-refractivity contribution is 5.14. The van der Waals surface area contributed by atoms with Crippen LogP contribution in [0.15, 0.2) is 30.3 Å². The van der Waals surface area contributed by atoms with E-state index >= 15 is 0 Å². The van der Waals surface area contributed by atoms with Crippen LogP contribution in [0, 0.1) is 0 Å². The summed E-state index contributed by atoms with van der Waals surface area (Å²) in [7, 11) is 0. The van der Waals surface area contributed by atoms with Gasteiger partial charge in [-0.1, -0.05) is 30.3 Å². The molecule has 1 aromatic rings. The van der Waals surface area contributed by atoms with Gasteiger partial charge in [-0.15, -0.1) is 0 Å². The van der Waals surface area contributed by atoms with E-state index in [9.17, 15) is 15.3 Å². The van der Waals surface area contributed by atoms with Crippen LogP contribution in [0.1, 0.15) is 5.56 Å². The van der Waals surface area contributed by atoms with Gasteiger partial charge >= 0.3 is 0 Å². The summed E-state index contributed by atoms with van der Waals surface area (Å²) in [4.78, 5) is 0. The van der Waals surface area contributed by atoms with Gasteiger partial charge < -0.3 is 30.5 Å². The molecule has 0 saturated carbocycles. The molecule has 0 unspecified atom stereocenters. The molecule has 5 N–H and O–H groups in total. The van der Waals surface area contributed by atoms with E-state index < -0.39 is 30.7 Å². The minimum absolute atomic E-state index is 0.259. The van der Waals surface area contributed by atoms with Crippen LogP contribution in [-0.4, -0.2) is 57.7 Å². The topological polar surface area (TPSA) is 102 Å². The average molecular weight is 269 g/mol. The van der Waals surface area contributed by atoms with E-state index in [4.69, 9.17) is 9.84 Å². The van der Waals surface area contributed by atoms with Crippen LogP contribution in [-0.2, 0) is 11.3 Å². The molecule has 106 valence electrons. The maximum absolute atomic E-state index is 9.74. The van der Waals surface area contributed by atoms with Gasteiger partial charge in [-0.2, -0.15) is 0 Å². The summed E-state index contributed by atoms with van der Waals surface area (Å²) in [6, 6.07) is 9.68. The van der Waals surface area contributed by atoms with Crippen molar-refractivity contribution < 1.29 is 25.2 Å². The van der Waals surface area contributed by atoms with Crippen LogP contribution in [0.4, 0.5) is 0 Å². The van der Waals surface area contributed by atoms with Gasteiger partial charge in [0.15, 0.2) is 0 Å². The van der Waals surface area contributed by atoms with Gasteiger partial charge in [-0.25, -0.2) is 0 Å². The number of hydrogen-bond donors (Lipinski definition) is 5. The summed E-state index contributed by atoms with van der Waals surface area (Å²) >= 11 is 0. The van der Waals surface area contributed by atoms with Gasteiger partial charge in [0.05, 0.1) is 6.61 Å². The van der Waals surface area contributed by atoms with E-state index in [1.807, 2.05) is 30.3 Å². The molecular formula is C13H19NO5. The second-order valence-corrected chi connectivity index (χ2v) is 4.71. The molecular weight excluding hydrogens is 250 g/mol. The van der Waals surface area contributed by atoms with Crippen molar-refractivity contribution in [1.29, 1.82) is 0 Å². The van der Waals surface area contributed by atoms with Gasteiger partial charge in [0.25, 0.3) is 0 Å². The molecule has 1 aliphatic heterocycles. The Morgan fingerprint density at radius 3 is 2.47 bits per heavy atom. The number of nitrogens with one attached hydrogen (secondary N) is 1. The molecule has 6 heteroatoms. The van der Waals surface area contributed by atoms with Gasteiger partial charge in [0.1, 0.15) is 18.3 Å². The fraction of sp³-hybridized carbons (Fsp3) is 0.538. The van der Waals surface area contributed by atoms with E-state index in [0.717, 1.165) is 5.56 Å². The Morgan fingerprint density at radius 1 is 1.21 bits per heavy atom. The zero-order valence-electron chi connectivity index (χ0n) is 10.4. The van der Waals surface area contributed by atoms with Crippen molar-refractivity contribution in [2.45, 2.75) is 30.6 Å². The van der Waals surface area contributed by atoms with Crippen molar-refractivity contribution in [2.24, 2.45) is 0 Å². The van der Waals surface area contributed by atoms with Crippen LogP contribution in [0.5, 0.6) is 0 Å². The standard InChI is InChI=1S/C13H19NO5/c15-8-13(18)12(17)11(16)10(19-13)7-14-6-9-4-2-1-3-5-9/h1-5,10-12,14-18H,6-8H2/t10-,11+,12-,13+/m1/s1. The minimum Gasteiger partial charge on any atom is -0.391 e. The number of ether oxygens (including phenoxy) is 1.